The molecule has 1 aromatic heterocycles. The summed E-state index contributed by atoms with van der Waals surface area (Å²) < 4.78 is 13.4. The molecule has 3 aromatic rings. The number of amides is 2. The molecule has 1 aliphatic rings. The van der Waals surface area contributed by atoms with Crippen LogP contribution < -0.4 is 10.2 Å². The predicted molar refractivity (Wildman–Crippen MR) is 99.9 cm³/mol. The molecule has 0 unspecified atom stereocenters. The van der Waals surface area contributed by atoms with Crippen molar-refractivity contribution in [3.05, 3.63) is 60.2 Å². The number of nitrogens with one attached hydrogen (secondary N) is 1. The molecule has 27 heavy (non-hydrogen) atoms. The molecule has 6 nitrogen and oxygen atoms in total. The minimum Gasteiger partial charge on any atom is -0.325 e. The van der Waals surface area contributed by atoms with Gasteiger partial charge < -0.3 is 10.2 Å². The Hall–Kier alpha value is -3.35. The molecular formula is C20H17FN4O2. The third kappa shape index (κ3) is 3.48. The van der Waals surface area contributed by atoms with Gasteiger partial charge in [0.1, 0.15) is 5.82 Å². The van der Waals surface area contributed by atoms with E-state index >= 15 is 0 Å². The van der Waals surface area contributed by atoms with Crippen molar-refractivity contribution in [3.63, 3.8) is 0 Å². The van der Waals surface area contributed by atoms with E-state index in [0.29, 0.717) is 24.2 Å². The van der Waals surface area contributed by atoms with E-state index in [4.69, 9.17) is 0 Å². The number of carbonyl (C=O) groups is 2. The summed E-state index contributed by atoms with van der Waals surface area (Å²) in [6, 6.07) is 9.91. The van der Waals surface area contributed by atoms with E-state index in [0.717, 1.165) is 16.3 Å². The molecule has 136 valence electrons. The molecular weight excluding hydrogens is 347 g/mol. The van der Waals surface area contributed by atoms with Crippen LogP contribution in [0.4, 0.5) is 15.8 Å². The summed E-state index contributed by atoms with van der Waals surface area (Å²) in [4.78, 5) is 26.3. The summed E-state index contributed by atoms with van der Waals surface area (Å²) in [6.45, 7) is 0.244. The second-order valence-electron chi connectivity index (χ2n) is 6.41. The summed E-state index contributed by atoms with van der Waals surface area (Å²) in [6.07, 6.45) is 4.21. The van der Waals surface area contributed by atoms with Gasteiger partial charge in [0.2, 0.25) is 11.8 Å². The number of benzene rings is 2. The SMILES string of the molecule is O=C(CCN1C(=O)CCc2cc(F)ccc21)Nc1cccc2cnncc12. The molecule has 0 radical (unpaired) electrons. The van der Waals surface area contributed by atoms with Crippen LogP contribution in [0.15, 0.2) is 48.8 Å². The highest BCUT2D eigenvalue weighted by Gasteiger charge is 2.24. The van der Waals surface area contributed by atoms with Gasteiger partial charge in [-0.15, -0.1) is 0 Å². The van der Waals surface area contributed by atoms with Crippen molar-refractivity contribution in [2.45, 2.75) is 19.3 Å². The highest BCUT2D eigenvalue weighted by molar-refractivity contribution is 6.02. The van der Waals surface area contributed by atoms with Crippen molar-refractivity contribution in [2.24, 2.45) is 0 Å². The Morgan fingerprint density at radius 3 is 2.89 bits per heavy atom. The van der Waals surface area contributed by atoms with Crippen LogP contribution in [-0.4, -0.2) is 28.6 Å². The Labute approximate surface area is 155 Å². The van der Waals surface area contributed by atoms with Crippen LogP contribution in [0.5, 0.6) is 0 Å². The zero-order valence-electron chi connectivity index (χ0n) is 14.5. The molecule has 2 amide bonds. The van der Waals surface area contributed by atoms with Gasteiger partial charge in [-0.3, -0.25) is 9.59 Å². The number of carbonyl (C=O) groups excluding carboxylic acids is 2. The Morgan fingerprint density at radius 2 is 2.00 bits per heavy atom. The van der Waals surface area contributed by atoms with Crippen molar-refractivity contribution in [3.8, 4) is 0 Å². The van der Waals surface area contributed by atoms with Crippen molar-refractivity contribution in [1.82, 2.24) is 10.2 Å². The zero-order valence-corrected chi connectivity index (χ0v) is 14.5. The van der Waals surface area contributed by atoms with E-state index in [-0.39, 0.29) is 30.6 Å². The third-order valence-electron chi connectivity index (χ3n) is 4.67. The summed E-state index contributed by atoms with van der Waals surface area (Å²) in [5.74, 6) is -0.580. The fraction of sp³-hybridized carbons (Fsp3) is 0.200. The largest absolute Gasteiger partial charge is 0.325 e. The van der Waals surface area contributed by atoms with Gasteiger partial charge in [-0.1, -0.05) is 12.1 Å². The average molecular weight is 364 g/mol. The maximum Gasteiger partial charge on any atom is 0.227 e. The second-order valence-corrected chi connectivity index (χ2v) is 6.41. The maximum absolute atomic E-state index is 13.4. The molecule has 0 bridgehead atoms. The molecule has 0 saturated carbocycles. The predicted octanol–water partition coefficient (Wildman–Crippen LogP) is 3.08. The first-order chi connectivity index (χ1) is 13.1. The lowest BCUT2D eigenvalue weighted by Gasteiger charge is -2.29. The van der Waals surface area contributed by atoms with E-state index < -0.39 is 0 Å². The molecule has 0 spiro atoms. The number of aromatic nitrogens is 2. The van der Waals surface area contributed by atoms with Crippen LogP contribution >= 0.6 is 0 Å². The smallest absolute Gasteiger partial charge is 0.227 e. The van der Waals surface area contributed by atoms with Gasteiger partial charge in [-0.2, -0.15) is 10.2 Å². The van der Waals surface area contributed by atoms with E-state index in [1.807, 2.05) is 12.1 Å². The van der Waals surface area contributed by atoms with Gasteiger partial charge in [0, 0.05) is 35.8 Å². The first-order valence-corrected chi connectivity index (χ1v) is 8.70. The Balaban J connectivity index is 1.47. The van der Waals surface area contributed by atoms with Crippen LogP contribution in [0.25, 0.3) is 10.8 Å². The number of hydrogen-bond acceptors (Lipinski definition) is 4. The topological polar surface area (TPSA) is 75.2 Å². The molecule has 1 aliphatic heterocycles. The monoisotopic (exact) mass is 364 g/mol. The molecule has 1 N–H and O–H groups in total. The molecule has 0 atom stereocenters. The first-order valence-electron chi connectivity index (χ1n) is 8.70. The first kappa shape index (κ1) is 17.1. The Bertz CT molecular complexity index is 1030. The molecule has 0 saturated heterocycles. The van der Waals surface area contributed by atoms with Crippen LogP contribution in [0, 0.1) is 5.82 Å². The van der Waals surface area contributed by atoms with Crippen LogP contribution in [-0.2, 0) is 16.0 Å². The zero-order chi connectivity index (χ0) is 18.8. The van der Waals surface area contributed by atoms with Gasteiger partial charge in [0.15, 0.2) is 0 Å². The van der Waals surface area contributed by atoms with Crippen LogP contribution in [0.1, 0.15) is 18.4 Å². The molecule has 7 heteroatoms. The Kier molecular flexibility index (Phi) is 4.50. The minimum atomic E-state index is -0.320. The quantitative estimate of drug-likeness (QED) is 0.772. The van der Waals surface area contributed by atoms with Crippen LogP contribution in [0.3, 0.4) is 0 Å². The number of fused-ring (bicyclic) bond motifs is 2. The lowest BCUT2D eigenvalue weighted by atomic mass is 10.0. The lowest BCUT2D eigenvalue weighted by Crippen LogP contribution is -2.37. The van der Waals surface area contributed by atoms with Gasteiger partial charge in [0.05, 0.1) is 18.1 Å². The number of rotatable bonds is 4. The van der Waals surface area contributed by atoms with E-state index in [1.54, 1.807) is 29.4 Å². The second kappa shape index (κ2) is 7.11. The van der Waals surface area contributed by atoms with Gasteiger partial charge >= 0.3 is 0 Å². The normalized spacial score (nSPS) is 13.5. The van der Waals surface area contributed by atoms with Crippen molar-refractivity contribution in [2.75, 3.05) is 16.8 Å². The fourth-order valence-corrected chi connectivity index (χ4v) is 3.34. The number of anilines is 2. The summed E-state index contributed by atoms with van der Waals surface area (Å²) in [5, 5.41) is 12.2. The summed E-state index contributed by atoms with van der Waals surface area (Å²) >= 11 is 0. The maximum atomic E-state index is 13.4. The molecule has 0 aliphatic carbocycles. The van der Waals surface area contributed by atoms with E-state index in [9.17, 15) is 14.0 Å². The molecule has 0 fully saturated rings. The van der Waals surface area contributed by atoms with Crippen molar-refractivity contribution >= 4 is 34.0 Å². The highest BCUT2D eigenvalue weighted by atomic mass is 19.1. The molecule has 2 heterocycles. The molecule has 2 aromatic carbocycles. The fourth-order valence-electron chi connectivity index (χ4n) is 3.34. The number of aryl methyl sites for hydroxylation is 1. The minimum absolute atomic E-state index is 0.0534. The van der Waals surface area contributed by atoms with Crippen molar-refractivity contribution < 1.29 is 14.0 Å². The third-order valence-corrected chi connectivity index (χ3v) is 4.67. The summed E-state index contributed by atoms with van der Waals surface area (Å²) in [7, 11) is 0. The average Bonchev–Trinajstić information content (AvgIpc) is 2.67. The van der Waals surface area contributed by atoms with Crippen LogP contribution in [0.2, 0.25) is 0 Å². The van der Waals surface area contributed by atoms with E-state index in [2.05, 4.69) is 15.5 Å². The Morgan fingerprint density at radius 1 is 1.15 bits per heavy atom. The van der Waals surface area contributed by atoms with Crippen molar-refractivity contribution in [1.29, 1.82) is 0 Å². The lowest BCUT2D eigenvalue weighted by molar-refractivity contribution is -0.119. The van der Waals surface area contributed by atoms with Gasteiger partial charge in [-0.25, -0.2) is 4.39 Å². The standard InChI is InChI=1S/C20H17FN4O2/c21-15-5-6-18-13(10-15)4-7-20(27)25(18)9-8-19(26)24-17-3-1-2-14-11-22-23-12-16(14)17/h1-3,5-6,10-12H,4,7-9H2,(H,24,26). The summed E-state index contributed by atoms with van der Waals surface area (Å²) in [5.41, 5.74) is 2.13. The number of halogens is 1. The number of hydrogen-bond donors (Lipinski definition) is 1. The van der Waals surface area contributed by atoms with Gasteiger partial charge in [-0.05, 0) is 36.2 Å². The number of nitrogens with zero attached hydrogens (tertiary/aromatic N) is 3. The van der Waals surface area contributed by atoms with Gasteiger partial charge in [0.25, 0.3) is 0 Å². The van der Waals surface area contributed by atoms with E-state index in [1.165, 1.54) is 12.1 Å². The molecule has 4 rings (SSSR count). The highest BCUT2D eigenvalue weighted by Crippen LogP contribution is 2.29.